The molecular formula is C13H17N2O2+. The Hall–Kier alpha value is -1.65. The van der Waals surface area contributed by atoms with Crippen molar-refractivity contribution in [3.05, 3.63) is 46.2 Å². The van der Waals surface area contributed by atoms with Gasteiger partial charge in [-0.2, -0.15) is 0 Å². The molecule has 0 spiro atoms. The van der Waals surface area contributed by atoms with E-state index in [1.54, 1.807) is 13.2 Å². The van der Waals surface area contributed by atoms with E-state index in [0.717, 1.165) is 36.2 Å². The number of pyridine rings is 1. The summed E-state index contributed by atoms with van der Waals surface area (Å²) in [6.45, 7) is 2.42. The molecular weight excluding hydrogens is 216 g/mol. The molecule has 0 radical (unpaired) electrons. The molecule has 0 saturated heterocycles. The zero-order valence-corrected chi connectivity index (χ0v) is 9.90. The van der Waals surface area contributed by atoms with E-state index in [1.165, 1.54) is 0 Å². The van der Waals surface area contributed by atoms with E-state index in [2.05, 4.69) is 10.3 Å². The molecule has 2 rings (SSSR count). The Morgan fingerprint density at radius 1 is 1.35 bits per heavy atom. The Morgan fingerprint density at radius 3 is 3.00 bits per heavy atom. The smallest absolute Gasteiger partial charge is 0.248 e. The van der Waals surface area contributed by atoms with Gasteiger partial charge < -0.3 is 15.0 Å². The number of ether oxygens (including phenoxy) is 1. The molecule has 90 valence electrons. The molecule has 3 N–H and O–H groups in total. The predicted molar refractivity (Wildman–Crippen MR) is 66.9 cm³/mol. The fraction of sp³-hybridized carbons (Fsp3) is 0.308. The first-order valence-corrected chi connectivity index (χ1v) is 5.73. The topological polar surface area (TPSA) is 58.7 Å². The van der Waals surface area contributed by atoms with E-state index in [4.69, 9.17) is 4.74 Å². The monoisotopic (exact) mass is 233 g/mol. The fourth-order valence-corrected chi connectivity index (χ4v) is 1.90. The molecule has 0 aliphatic carbocycles. The van der Waals surface area contributed by atoms with Gasteiger partial charge in [0.05, 0.1) is 13.2 Å². The number of benzene rings is 1. The molecule has 1 aromatic carbocycles. The predicted octanol–water partition coefficient (Wildman–Crippen LogP) is 0.238. The van der Waals surface area contributed by atoms with Gasteiger partial charge in [0, 0.05) is 29.6 Å². The van der Waals surface area contributed by atoms with Crippen LogP contribution in [0, 0.1) is 0 Å². The van der Waals surface area contributed by atoms with Gasteiger partial charge in [-0.25, -0.2) is 0 Å². The van der Waals surface area contributed by atoms with E-state index in [1.807, 2.05) is 24.3 Å². The van der Waals surface area contributed by atoms with Crippen molar-refractivity contribution in [2.24, 2.45) is 0 Å². The number of aromatic nitrogens is 1. The minimum absolute atomic E-state index is 0.0427. The van der Waals surface area contributed by atoms with Gasteiger partial charge >= 0.3 is 0 Å². The number of nitrogens with two attached hydrogens (primary N) is 1. The van der Waals surface area contributed by atoms with Crippen LogP contribution in [0.25, 0.3) is 10.9 Å². The van der Waals surface area contributed by atoms with E-state index >= 15 is 0 Å². The molecule has 0 aliphatic rings. The molecule has 0 fully saturated rings. The maximum atomic E-state index is 11.5. The Bertz CT molecular complexity index is 548. The number of hydrogen-bond acceptors (Lipinski definition) is 2. The van der Waals surface area contributed by atoms with Crippen LogP contribution >= 0.6 is 0 Å². The van der Waals surface area contributed by atoms with Crippen molar-refractivity contribution in [1.29, 1.82) is 0 Å². The SMILES string of the molecule is COCC[NH2+]Cc1cc(=O)[nH]c2ccccc12. The zero-order valence-electron chi connectivity index (χ0n) is 9.90. The van der Waals surface area contributed by atoms with Gasteiger partial charge in [0.2, 0.25) is 5.56 Å². The van der Waals surface area contributed by atoms with Crippen molar-refractivity contribution < 1.29 is 10.1 Å². The first-order valence-electron chi connectivity index (χ1n) is 5.73. The van der Waals surface area contributed by atoms with Crippen LogP contribution in [0.5, 0.6) is 0 Å². The first-order chi connectivity index (χ1) is 8.31. The highest BCUT2D eigenvalue weighted by molar-refractivity contribution is 5.81. The van der Waals surface area contributed by atoms with Gasteiger partial charge in [0.1, 0.15) is 6.54 Å². The lowest BCUT2D eigenvalue weighted by atomic mass is 10.1. The maximum Gasteiger partial charge on any atom is 0.248 e. The number of quaternary nitrogens is 1. The van der Waals surface area contributed by atoms with Crippen LogP contribution < -0.4 is 10.9 Å². The van der Waals surface area contributed by atoms with E-state index in [9.17, 15) is 4.79 Å². The third kappa shape index (κ3) is 2.93. The van der Waals surface area contributed by atoms with Crippen LogP contribution in [0.4, 0.5) is 0 Å². The molecule has 0 aliphatic heterocycles. The van der Waals surface area contributed by atoms with E-state index < -0.39 is 0 Å². The third-order valence-electron chi connectivity index (χ3n) is 2.73. The van der Waals surface area contributed by atoms with Crippen molar-refractivity contribution in [2.75, 3.05) is 20.3 Å². The van der Waals surface area contributed by atoms with Gasteiger partial charge in [-0.3, -0.25) is 4.79 Å². The summed E-state index contributed by atoms with van der Waals surface area (Å²) in [7, 11) is 1.69. The summed E-state index contributed by atoms with van der Waals surface area (Å²) in [6, 6.07) is 9.54. The summed E-state index contributed by atoms with van der Waals surface area (Å²) < 4.78 is 4.99. The zero-order chi connectivity index (χ0) is 12.1. The molecule has 0 saturated carbocycles. The highest BCUT2D eigenvalue weighted by atomic mass is 16.5. The molecule has 1 heterocycles. The summed E-state index contributed by atoms with van der Waals surface area (Å²) in [4.78, 5) is 14.3. The lowest BCUT2D eigenvalue weighted by molar-refractivity contribution is -0.671. The Labute approximate surface area is 99.6 Å². The Kier molecular flexibility index (Phi) is 3.90. The lowest BCUT2D eigenvalue weighted by Gasteiger charge is -2.05. The number of methoxy groups -OCH3 is 1. The van der Waals surface area contributed by atoms with Crippen molar-refractivity contribution in [2.45, 2.75) is 6.54 Å². The lowest BCUT2D eigenvalue weighted by Crippen LogP contribution is -2.83. The molecule has 4 heteroatoms. The highest BCUT2D eigenvalue weighted by Gasteiger charge is 2.04. The number of nitrogens with one attached hydrogen (secondary N) is 1. The largest absolute Gasteiger partial charge is 0.379 e. The van der Waals surface area contributed by atoms with Crippen molar-refractivity contribution in [3.63, 3.8) is 0 Å². The molecule has 1 aromatic heterocycles. The van der Waals surface area contributed by atoms with Gasteiger partial charge in [0.15, 0.2) is 0 Å². The number of H-pyrrole nitrogens is 1. The van der Waals surface area contributed by atoms with Crippen molar-refractivity contribution in [1.82, 2.24) is 4.98 Å². The summed E-state index contributed by atoms with van der Waals surface area (Å²) in [6.07, 6.45) is 0. The average Bonchev–Trinajstić information content (AvgIpc) is 2.34. The highest BCUT2D eigenvalue weighted by Crippen LogP contribution is 2.12. The van der Waals surface area contributed by atoms with Crippen molar-refractivity contribution in [3.8, 4) is 0 Å². The summed E-state index contributed by atoms with van der Waals surface area (Å²) in [5.41, 5.74) is 1.93. The second kappa shape index (κ2) is 5.61. The molecule has 4 nitrogen and oxygen atoms in total. The minimum atomic E-state index is -0.0427. The number of rotatable bonds is 5. The Balaban J connectivity index is 2.23. The van der Waals surface area contributed by atoms with Gasteiger partial charge in [-0.05, 0) is 6.07 Å². The van der Waals surface area contributed by atoms with Crippen LogP contribution in [0.2, 0.25) is 0 Å². The average molecular weight is 233 g/mol. The molecule has 0 bridgehead atoms. The normalized spacial score (nSPS) is 10.9. The molecule has 0 unspecified atom stereocenters. The number of fused-ring (bicyclic) bond motifs is 1. The summed E-state index contributed by atoms with van der Waals surface area (Å²) in [5, 5.41) is 3.26. The molecule has 2 aromatic rings. The van der Waals surface area contributed by atoms with Crippen LogP contribution in [0.15, 0.2) is 35.1 Å². The molecule has 17 heavy (non-hydrogen) atoms. The van der Waals surface area contributed by atoms with Crippen LogP contribution in [-0.4, -0.2) is 25.2 Å². The van der Waals surface area contributed by atoms with Gasteiger partial charge in [-0.15, -0.1) is 0 Å². The minimum Gasteiger partial charge on any atom is -0.379 e. The quantitative estimate of drug-likeness (QED) is 0.727. The van der Waals surface area contributed by atoms with Gasteiger partial charge in [0.25, 0.3) is 0 Å². The van der Waals surface area contributed by atoms with E-state index in [0.29, 0.717) is 0 Å². The maximum absolute atomic E-state index is 11.5. The standard InChI is InChI=1S/C13H16N2O2/c1-17-7-6-14-9-10-8-13(16)15-12-5-3-2-4-11(10)12/h2-5,8,14H,6-7,9H2,1H3,(H,15,16)/p+1. The third-order valence-corrected chi connectivity index (χ3v) is 2.73. The Morgan fingerprint density at radius 2 is 2.18 bits per heavy atom. The number of aromatic amines is 1. The molecule has 0 atom stereocenters. The fourth-order valence-electron chi connectivity index (χ4n) is 1.90. The second-order valence-corrected chi connectivity index (χ2v) is 3.98. The summed E-state index contributed by atoms with van der Waals surface area (Å²) in [5.74, 6) is 0. The second-order valence-electron chi connectivity index (χ2n) is 3.98. The first kappa shape index (κ1) is 11.8. The van der Waals surface area contributed by atoms with E-state index in [-0.39, 0.29) is 5.56 Å². The summed E-state index contributed by atoms with van der Waals surface area (Å²) >= 11 is 0. The van der Waals surface area contributed by atoms with Crippen LogP contribution in [0.3, 0.4) is 0 Å². The number of hydrogen-bond donors (Lipinski definition) is 2. The van der Waals surface area contributed by atoms with Crippen molar-refractivity contribution >= 4 is 10.9 Å². The van der Waals surface area contributed by atoms with Crippen LogP contribution in [0.1, 0.15) is 5.56 Å². The number of para-hydroxylation sites is 1. The molecule has 0 amide bonds. The van der Waals surface area contributed by atoms with Crippen LogP contribution in [-0.2, 0) is 11.3 Å². The van der Waals surface area contributed by atoms with Gasteiger partial charge in [-0.1, -0.05) is 18.2 Å².